The predicted octanol–water partition coefficient (Wildman–Crippen LogP) is 4.04. The van der Waals surface area contributed by atoms with Gasteiger partial charge in [0, 0.05) is 17.7 Å². The van der Waals surface area contributed by atoms with Crippen molar-refractivity contribution in [2.24, 2.45) is 0 Å². The van der Waals surface area contributed by atoms with Crippen molar-refractivity contribution < 1.29 is 19.2 Å². The summed E-state index contributed by atoms with van der Waals surface area (Å²) in [6.45, 7) is 0.811. The molecule has 0 radical (unpaired) electrons. The van der Waals surface area contributed by atoms with Gasteiger partial charge in [-0.3, -0.25) is 14.9 Å². The lowest BCUT2D eigenvalue weighted by Gasteiger charge is -2.27. The Morgan fingerprint density at radius 1 is 1.12 bits per heavy atom. The molecule has 1 saturated heterocycles. The van der Waals surface area contributed by atoms with Crippen LogP contribution >= 0.6 is 22.6 Å². The van der Waals surface area contributed by atoms with Crippen LogP contribution in [0, 0.1) is 10.1 Å². The number of non-ortho nitro benzene ring substituents is 1. The summed E-state index contributed by atoms with van der Waals surface area (Å²) in [5, 5.41) is 10.8. The Hall–Kier alpha value is -2.10. The van der Waals surface area contributed by atoms with Crippen molar-refractivity contribution in [3.8, 4) is 0 Å². The van der Waals surface area contributed by atoms with Crippen molar-refractivity contribution in [2.75, 3.05) is 17.6 Å². The normalized spacial score (nSPS) is 16.4. The average Bonchev–Trinajstić information content (AvgIpc) is 3.17. The monoisotopic (exact) mass is 465 g/mol. The number of carbonyl (C=O) groups excluding carboxylic acids is 1. The maximum Gasteiger partial charge on any atom is 0.269 e. The molecule has 0 atom stereocenters. The van der Waals surface area contributed by atoms with Crippen LogP contribution in [-0.2, 0) is 9.47 Å². The summed E-state index contributed by atoms with van der Waals surface area (Å²) in [6, 6.07) is 14.9. The standard InChI is InChI=1S/C19H16INO5/c20-13-19(25-10-11-26-19)17(18(22)15-4-2-1-3-5-15)12-14-6-8-16(9-7-14)21(23)24/h1-9,12H,10-11,13H2/b17-12-. The van der Waals surface area contributed by atoms with Crippen molar-refractivity contribution in [2.45, 2.75) is 5.79 Å². The lowest BCUT2D eigenvalue weighted by molar-refractivity contribution is -0.384. The highest BCUT2D eigenvalue weighted by Crippen LogP contribution is 2.34. The molecular formula is C19H16INO5. The molecule has 0 saturated carbocycles. The molecule has 2 aromatic carbocycles. The molecule has 26 heavy (non-hydrogen) atoms. The molecular weight excluding hydrogens is 449 g/mol. The van der Waals surface area contributed by atoms with E-state index >= 15 is 0 Å². The zero-order valence-corrected chi connectivity index (χ0v) is 15.9. The number of halogens is 1. The van der Waals surface area contributed by atoms with Gasteiger partial charge >= 0.3 is 0 Å². The van der Waals surface area contributed by atoms with Crippen molar-refractivity contribution in [1.82, 2.24) is 0 Å². The zero-order chi connectivity index (χ0) is 18.6. The molecule has 1 aliphatic heterocycles. The number of benzene rings is 2. The van der Waals surface area contributed by atoms with E-state index in [4.69, 9.17) is 9.47 Å². The van der Waals surface area contributed by atoms with Gasteiger partial charge in [-0.05, 0) is 23.8 Å². The van der Waals surface area contributed by atoms with E-state index in [1.165, 1.54) is 12.1 Å². The Morgan fingerprint density at radius 2 is 1.73 bits per heavy atom. The Balaban J connectivity index is 2.05. The van der Waals surface area contributed by atoms with Gasteiger partial charge in [-0.25, -0.2) is 0 Å². The highest BCUT2D eigenvalue weighted by atomic mass is 127. The summed E-state index contributed by atoms with van der Waals surface area (Å²) < 4.78 is 12.0. The first kappa shape index (κ1) is 18.7. The number of nitro benzene ring substituents is 1. The third-order valence-corrected chi connectivity index (χ3v) is 5.04. The number of hydrogen-bond donors (Lipinski definition) is 0. The molecule has 0 aliphatic carbocycles. The summed E-state index contributed by atoms with van der Waals surface area (Å²) in [4.78, 5) is 23.5. The highest BCUT2D eigenvalue weighted by Gasteiger charge is 2.43. The Morgan fingerprint density at radius 3 is 2.27 bits per heavy atom. The second-order valence-corrected chi connectivity index (χ2v) is 6.45. The molecule has 6 nitrogen and oxygen atoms in total. The van der Waals surface area contributed by atoms with Gasteiger partial charge in [0.05, 0.1) is 28.1 Å². The first-order valence-corrected chi connectivity index (χ1v) is 9.48. The van der Waals surface area contributed by atoms with Crippen LogP contribution in [0.3, 0.4) is 0 Å². The van der Waals surface area contributed by atoms with E-state index in [0.717, 1.165) is 0 Å². The van der Waals surface area contributed by atoms with Crippen molar-refractivity contribution in [1.29, 1.82) is 0 Å². The van der Waals surface area contributed by atoms with Gasteiger partial charge in [0.2, 0.25) is 5.79 Å². The third-order valence-electron chi connectivity index (χ3n) is 4.04. The van der Waals surface area contributed by atoms with E-state index in [-0.39, 0.29) is 11.5 Å². The molecule has 0 N–H and O–H groups in total. The maximum atomic E-state index is 13.1. The Kier molecular flexibility index (Phi) is 5.80. The van der Waals surface area contributed by atoms with E-state index in [9.17, 15) is 14.9 Å². The number of carbonyl (C=O) groups is 1. The van der Waals surface area contributed by atoms with Gasteiger partial charge in [-0.15, -0.1) is 0 Å². The summed E-state index contributed by atoms with van der Waals surface area (Å²) in [7, 11) is 0. The van der Waals surface area contributed by atoms with E-state index in [1.807, 2.05) is 6.07 Å². The van der Waals surface area contributed by atoms with Crippen LogP contribution in [-0.4, -0.2) is 34.1 Å². The van der Waals surface area contributed by atoms with Crippen molar-refractivity contribution in [3.63, 3.8) is 0 Å². The van der Waals surface area contributed by atoms with E-state index < -0.39 is 10.7 Å². The van der Waals surface area contributed by atoms with Crippen LogP contribution < -0.4 is 0 Å². The lowest BCUT2D eigenvalue weighted by atomic mass is 9.95. The minimum atomic E-state index is -1.12. The Bertz CT molecular complexity index is 827. The first-order valence-electron chi connectivity index (χ1n) is 7.96. The molecule has 134 valence electrons. The minimum Gasteiger partial charge on any atom is -0.343 e. The topological polar surface area (TPSA) is 78.7 Å². The zero-order valence-electron chi connectivity index (χ0n) is 13.8. The van der Waals surface area contributed by atoms with Crippen LogP contribution in [0.15, 0.2) is 60.2 Å². The maximum absolute atomic E-state index is 13.1. The summed E-state index contributed by atoms with van der Waals surface area (Å²) in [5.41, 5.74) is 1.57. The van der Waals surface area contributed by atoms with Crippen LogP contribution in [0.2, 0.25) is 0 Å². The van der Waals surface area contributed by atoms with Gasteiger partial charge in [0.1, 0.15) is 0 Å². The van der Waals surface area contributed by atoms with Crippen LogP contribution in [0.25, 0.3) is 6.08 Å². The number of rotatable bonds is 6. The largest absolute Gasteiger partial charge is 0.343 e. The van der Waals surface area contributed by atoms with Gasteiger partial charge in [-0.1, -0.05) is 52.9 Å². The number of ether oxygens (including phenoxy) is 2. The van der Waals surface area contributed by atoms with E-state index in [1.54, 1.807) is 42.5 Å². The van der Waals surface area contributed by atoms with Gasteiger partial charge in [0.15, 0.2) is 5.78 Å². The number of nitro groups is 1. The summed E-state index contributed by atoms with van der Waals surface area (Å²) in [5.74, 6) is -1.31. The molecule has 7 heteroatoms. The molecule has 0 bridgehead atoms. The van der Waals surface area contributed by atoms with Crippen molar-refractivity contribution >= 4 is 40.1 Å². The molecule has 0 unspecified atom stereocenters. The highest BCUT2D eigenvalue weighted by molar-refractivity contribution is 14.1. The van der Waals surface area contributed by atoms with Gasteiger partial charge in [-0.2, -0.15) is 0 Å². The molecule has 1 fully saturated rings. The smallest absolute Gasteiger partial charge is 0.269 e. The molecule has 1 aliphatic rings. The van der Waals surface area contributed by atoms with Crippen LogP contribution in [0.1, 0.15) is 15.9 Å². The molecule has 0 aromatic heterocycles. The fourth-order valence-electron chi connectivity index (χ4n) is 2.71. The third kappa shape index (κ3) is 3.84. The van der Waals surface area contributed by atoms with Gasteiger partial charge in [0.25, 0.3) is 5.69 Å². The fraction of sp³-hybridized carbons (Fsp3) is 0.211. The predicted molar refractivity (Wildman–Crippen MR) is 105 cm³/mol. The van der Waals surface area contributed by atoms with Gasteiger partial charge < -0.3 is 9.47 Å². The second-order valence-electron chi connectivity index (χ2n) is 5.69. The first-order chi connectivity index (χ1) is 12.6. The molecule has 0 amide bonds. The van der Waals surface area contributed by atoms with E-state index in [0.29, 0.717) is 34.3 Å². The molecule has 1 heterocycles. The lowest BCUT2D eigenvalue weighted by Crippen LogP contribution is -2.38. The molecule has 0 spiro atoms. The second kappa shape index (κ2) is 8.07. The molecule has 3 rings (SSSR count). The number of Topliss-reactive ketones (excluding diaryl/α,β-unsaturated/α-hetero) is 1. The Labute approximate surface area is 164 Å². The summed E-state index contributed by atoms with van der Waals surface area (Å²) >= 11 is 2.13. The quantitative estimate of drug-likeness (QED) is 0.161. The number of hydrogen-bond acceptors (Lipinski definition) is 5. The molecule has 2 aromatic rings. The van der Waals surface area contributed by atoms with Crippen LogP contribution in [0.4, 0.5) is 5.69 Å². The SMILES string of the molecule is O=C(/C(=C/c1ccc([N+](=O)[O-])cc1)C1(CI)OCCO1)c1ccccc1. The average molecular weight is 465 g/mol. The van der Waals surface area contributed by atoms with Crippen LogP contribution in [0.5, 0.6) is 0 Å². The number of nitrogens with zero attached hydrogens (tertiary/aromatic N) is 1. The fourth-order valence-corrected chi connectivity index (χ4v) is 3.56. The summed E-state index contributed by atoms with van der Waals surface area (Å²) in [6.07, 6.45) is 1.68. The number of ketones is 1. The number of alkyl halides is 1. The van der Waals surface area contributed by atoms with E-state index in [2.05, 4.69) is 22.6 Å². The minimum absolute atomic E-state index is 0.00458. The van der Waals surface area contributed by atoms with Crippen molar-refractivity contribution in [3.05, 3.63) is 81.4 Å².